The van der Waals surface area contributed by atoms with Crippen LogP contribution in [-0.2, 0) is 9.53 Å². The van der Waals surface area contributed by atoms with E-state index in [0.717, 1.165) is 5.56 Å². The standard InChI is InChI=1S/C16H21NO6/c18-7-11-13(19)14(20)12(16(22)23-11)17-15(21)10-6-9(10)8-4-2-1-3-5-8/h1-5,9-14,16,18-20,22H,6-7H2,(H,17,21)/t9-,10+,11+,12+,13+,14+,16?/m0/s1. The zero-order chi connectivity index (χ0) is 16.6. The highest BCUT2D eigenvalue weighted by molar-refractivity contribution is 5.83. The normalized spacial score (nSPS) is 39.7. The van der Waals surface area contributed by atoms with E-state index in [-0.39, 0.29) is 17.7 Å². The Morgan fingerprint density at radius 1 is 1.17 bits per heavy atom. The molecule has 7 nitrogen and oxygen atoms in total. The molecule has 3 rings (SSSR count). The van der Waals surface area contributed by atoms with Crippen LogP contribution in [0.4, 0.5) is 0 Å². The minimum Gasteiger partial charge on any atom is -0.394 e. The topological polar surface area (TPSA) is 119 Å². The molecule has 7 heteroatoms. The van der Waals surface area contributed by atoms with Gasteiger partial charge in [-0.1, -0.05) is 30.3 Å². The first-order chi connectivity index (χ1) is 11.0. The molecule has 0 spiro atoms. The van der Waals surface area contributed by atoms with Crippen molar-refractivity contribution in [1.29, 1.82) is 0 Å². The van der Waals surface area contributed by atoms with Gasteiger partial charge in [-0.3, -0.25) is 4.79 Å². The molecule has 2 fully saturated rings. The molecule has 5 N–H and O–H groups in total. The van der Waals surface area contributed by atoms with Crippen LogP contribution in [0.15, 0.2) is 30.3 Å². The second-order valence-corrected chi connectivity index (χ2v) is 6.12. The Morgan fingerprint density at radius 2 is 1.87 bits per heavy atom. The molecule has 7 atom stereocenters. The lowest BCUT2D eigenvalue weighted by molar-refractivity contribution is -0.253. The zero-order valence-corrected chi connectivity index (χ0v) is 12.4. The van der Waals surface area contributed by atoms with Crippen LogP contribution in [0.1, 0.15) is 17.9 Å². The SMILES string of the molecule is O=C(N[C@H]1C(O)O[C@H](CO)[C@@H](O)[C@@H]1O)[C@@H]1C[C@H]1c1ccccc1. The summed E-state index contributed by atoms with van der Waals surface area (Å²) in [5.74, 6) is -0.380. The number of aliphatic hydroxyl groups excluding tert-OH is 4. The van der Waals surface area contributed by atoms with Crippen molar-refractivity contribution in [3.63, 3.8) is 0 Å². The van der Waals surface area contributed by atoms with Crippen molar-refractivity contribution in [3.05, 3.63) is 35.9 Å². The Balaban J connectivity index is 1.60. The van der Waals surface area contributed by atoms with E-state index in [1.165, 1.54) is 0 Å². The molecule has 1 amide bonds. The highest BCUT2D eigenvalue weighted by atomic mass is 16.6. The molecule has 1 aliphatic heterocycles. The number of amides is 1. The van der Waals surface area contributed by atoms with Gasteiger partial charge in [0.05, 0.1) is 6.61 Å². The average molecular weight is 323 g/mol. The molecule has 1 aromatic carbocycles. The highest BCUT2D eigenvalue weighted by Crippen LogP contribution is 2.47. The summed E-state index contributed by atoms with van der Waals surface area (Å²) in [5, 5.41) is 41.3. The Bertz CT molecular complexity index is 553. The van der Waals surface area contributed by atoms with Crippen molar-refractivity contribution in [1.82, 2.24) is 5.32 Å². The first kappa shape index (κ1) is 16.4. The number of rotatable bonds is 4. The van der Waals surface area contributed by atoms with Gasteiger partial charge in [0.2, 0.25) is 5.91 Å². The van der Waals surface area contributed by atoms with Crippen LogP contribution in [-0.4, -0.2) is 63.6 Å². The lowest BCUT2D eigenvalue weighted by atomic mass is 9.97. The molecule has 23 heavy (non-hydrogen) atoms. The van der Waals surface area contributed by atoms with E-state index in [1.54, 1.807) is 0 Å². The van der Waals surface area contributed by atoms with Crippen LogP contribution in [0, 0.1) is 5.92 Å². The largest absolute Gasteiger partial charge is 0.394 e. The summed E-state index contributed by atoms with van der Waals surface area (Å²) in [6, 6.07) is 8.53. The summed E-state index contributed by atoms with van der Waals surface area (Å²) < 4.78 is 5.02. The second kappa shape index (κ2) is 6.54. The summed E-state index contributed by atoms with van der Waals surface area (Å²) in [7, 11) is 0. The van der Waals surface area contributed by atoms with Gasteiger partial charge >= 0.3 is 0 Å². The highest BCUT2D eigenvalue weighted by Gasteiger charge is 2.48. The summed E-state index contributed by atoms with van der Waals surface area (Å²) in [6.07, 6.45) is -4.64. The number of nitrogens with one attached hydrogen (secondary N) is 1. The van der Waals surface area contributed by atoms with E-state index in [1.807, 2.05) is 30.3 Å². The van der Waals surface area contributed by atoms with Gasteiger partial charge in [-0.2, -0.15) is 0 Å². The minimum absolute atomic E-state index is 0.130. The van der Waals surface area contributed by atoms with Gasteiger partial charge in [-0.15, -0.1) is 0 Å². The maximum atomic E-state index is 12.3. The number of ether oxygens (including phenoxy) is 1. The second-order valence-electron chi connectivity index (χ2n) is 6.12. The molecule has 1 unspecified atom stereocenters. The van der Waals surface area contributed by atoms with Crippen LogP contribution >= 0.6 is 0 Å². The molecule has 126 valence electrons. The molecular formula is C16H21NO6. The zero-order valence-electron chi connectivity index (χ0n) is 12.4. The fourth-order valence-corrected chi connectivity index (χ4v) is 3.08. The lowest BCUT2D eigenvalue weighted by Crippen LogP contribution is -2.64. The number of aliphatic hydroxyl groups is 4. The number of benzene rings is 1. The summed E-state index contributed by atoms with van der Waals surface area (Å²) >= 11 is 0. The van der Waals surface area contributed by atoms with E-state index in [9.17, 15) is 20.1 Å². The lowest BCUT2D eigenvalue weighted by Gasteiger charge is -2.40. The van der Waals surface area contributed by atoms with E-state index in [2.05, 4.69) is 5.32 Å². The van der Waals surface area contributed by atoms with E-state index >= 15 is 0 Å². The molecule has 1 saturated heterocycles. The van der Waals surface area contributed by atoms with Crippen molar-refractivity contribution in [2.75, 3.05) is 6.61 Å². The summed E-state index contributed by atoms with van der Waals surface area (Å²) in [5.41, 5.74) is 1.08. The van der Waals surface area contributed by atoms with Gasteiger partial charge in [-0.05, 0) is 17.9 Å². The van der Waals surface area contributed by atoms with Gasteiger partial charge < -0.3 is 30.5 Å². The predicted octanol–water partition coefficient (Wildman–Crippen LogP) is -1.29. The Labute approximate surface area is 133 Å². The quantitative estimate of drug-likeness (QED) is 0.470. The van der Waals surface area contributed by atoms with Crippen molar-refractivity contribution in [3.8, 4) is 0 Å². The van der Waals surface area contributed by atoms with E-state index in [4.69, 9.17) is 9.84 Å². The van der Waals surface area contributed by atoms with Gasteiger partial charge in [0, 0.05) is 5.92 Å². The van der Waals surface area contributed by atoms with E-state index < -0.39 is 37.3 Å². The van der Waals surface area contributed by atoms with Crippen molar-refractivity contribution in [2.24, 2.45) is 5.92 Å². The molecule has 0 aromatic heterocycles. The molecule has 1 aliphatic carbocycles. The van der Waals surface area contributed by atoms with Crippen LogP contribution in [0.3, 0.4) is 0 Å². The summed E-state index contributed by atoms with van der Waals surface area (Å²) in [4.78, 5) is 12.3. The summed E-state index contributed by atoms with van der Waals surface area (Å²) in [6.45, 7) is -0.533. The fourth-order valence-electron chi connectivity index (χ4n) is 3.08. The minimum atomic E-state index is -1.48. The third-order valence-corrected chi connectivity index (χ3v) is 4.56. The molecule has 1 saturated carbocycles. The van der Waals surface area contributed by atoms with Gasteiger partial charge in [-0.25, -0.2) is 0 Å². The molecule has 1 aromatic rings. The first-order valence-corrected chi connectivity index (χ1v) is 7.68. The van der Waals surface area contributed by atoms with Gasteiger partial charge in [0.25, 0.3) is 0 Å². The predicted molar refractivity (Wildman–Crippen MR) is 79.2 cm³/mol. The number of carbonyl (C=O) groups excluding carboxylic acids is 1. The van der Waals surface area contributed by atoms with Crippen molar-refractivity contribution >= 4 is 5.91 Å². The smallest absolute Gasteiger partial charge is 0.224 e. The monoisotopic (exact) mass is 323 g/mol. The third-order valence-electron chi connectivity index (χ3n) is 4.56. The Morgan fingerprint density at radius 3 is 2.52 bits per heavy atom. The first-order valence-electron chi connectivity index (χ1n) is 7.68. The van der Waals surface area contributed by atoms with Crippen LogP contribution < -0.4 is 5.32 Å². The average Bonchev–Trinajstić information content (AvgIpc) is 3.36. The van der Waals surface area contributed by atoms with Crippen molar-refractivity contribution < 1.29 is 30.0 Å². The van der Waals surface area contributed by atoms with Crippen LogP contribution in [0.5, 0.6) is 0 Å². The number of carbonyl (C=O) groups is 1. The van der Waals surface area contributed by atoms with Crippen LogP contribution in [0.2, 0.25) is 0 Å². The molecule has 0 bridgehead atoms. The Kier molecular flexibility index (Phi) is 4.65. The van der Waals surface area contributed by atoms with Crippen molar-refractivity contribution in [2.45, 2.75) is 43.0 Å². The molecular weight excluding hydrogens is 302 g/mol. The van der Waals surface area contributed by atoms with Gasteiger partial charge in [0.1, 0.15) is 24.4 Å². The molecule has 1 heterocycles. The van der Waals surface area contributed by atoms with Gasteiger partial charge in [0.15, 0.2) is 6.29 Å². The molecule has 2 aliphatic rings. The number of hydrogen-bond donors (Lipinski definition) is 5. The fraction of sp³-hybridized carbons (Fsp3) is 0.562. The maximum absolute atomic E-state index is 12.3. The number of hydrogen-bond acceptors (Lipinski definition) is 6. The third kappa shape index (κ3) is 3.24. The molecule has 0 radical (unpaired) electrons. The maximum Gasteiger partial charge on any atom is 0.224 e. The van der Waals surface area contributed by atoms with Crippen LogP contribution in [0.25, 0.3) is 0 Å². The van der Waals surface area contributed by atoms with E-state index in [0.29, 0.717) is 6.42 Å². The Hall–Kier alpha value is -1.51.